The number of carbonyl (C=O) groups is 1. The Bertz CT molecular complexity index is 1460. The van der Waals surface area contributed by atoms with Crippen LogP contribution < -0.4 is 9.64 Å². The molecule has 6 nitrogen and oxygen atoms in total. The minimum atomic E-state index is -0.356. The van der Waals surface area contributed by atoms with Gasteiger partial charge in [-0.1, -0.05) is 37.8 Å². The summed E-state index contributed by atoms with van der Waals surface area (Å²) in [5, 5.41) is 2.06. The summed E-state index contributed by atoms with van der Waals surface area (Å²) in [4.78, 5) is 21.8. The number of allylic oxidation sites excluding steroid dienone is 2. The zero-order valence-corrected chi connectivity index (χ0v) is 25.0. The molecule has 0 radical (unpaired) electrons. The lowest BCUT2D eigenvalue weighted by molar-refractivity contribution is -0.128. The molecule has 1 fully saturated rings. The summed E-state index contributed by atoms with van der Waals surface area (Å²) in [6.07, 6.45) is 8.90. The number of carbonyl (C=O) groups excluding carboxylic acids is 1. The number of hydrogen-bond acceptors (Lipinski definition) is 5. The highest BCUT2D eigenvalue weighted by Gasteiger charge is 2.31. The fourth-order valence-corrected chi connectivity index (χ4v) is 5.48. The fourth-order valence-electron chi connectivity index (χ4n) is 5.48. The molecule has 2 aromatic carbocycles. The number of terminal acetylenes is 1. The predicted molar refractivity (Wildman–Crippen MR) is 166 cm³/mol. The third-order valence-electron chi connectivity index (χ3n) is 7.80. The molecule has 41 heavy (non-hydrogen) atoms. The van der Waals surface area contributed by atoms with E-state index >= 15 is 4.39 Å². The first-order valence-electron chi connectivity index (χ1n) is 14.2. The van der Waals surface area contributed by atoms with E-state index in [1.807, 2.05) is 40.1 Å². The van der Waals surface area contributed by atoms with Gasteiger partial charge in [0, 0.05) is 57.9 Å². The number of nitrogens with zero attached hydrogens (tertiary/aromatic N) is 4. The molecule has 0 saturated carbocycles. The van der Waals surface area contributed by atoms with Crippen LogP contribution in [0.3, 0.4) is 0 Å². The van der Waals surface area contributed by atoms with Gasteiger partial charge in [0.2, 0.25) is 0 Å². The number of anilines is 1. The average molecular weight is 557 g/mol. The van der Waals surface area contributed by atoms with E-state index in [1.165, 1.54) is 0 Å². The summed E-state index contributed by atoms with van der Waals surface area (Å²) in [7, 11) is 3.96. The van der Waals surface area contributed by atoms with E-state index in [2.05, 4.69) is 62.9 Å². The molecule has 3 heterocycles. The quantitative estimate of drug-likeness (QED) is 0.455. The highest BCUT2D eigenvalue weighted by atomic mass is 19.1. The standard InChI is InChI=1S/C31H37FN4O2.C3H4/c1-6-12-34(5)28-20-38-30-27(11-10-23-9-7-8-21(2)29(23)30)36-18-24(17-26(28)32)22(3)25(19-36)31(37)35-15-13-33(4)14-16-35;1-3-2/h7-11,17,19H,3,6,12-16,18,20H2,1-2,4-5H3;1H,2H3/b24-17+,28-26-;. The lowest BCUT2D eigenvalue weighted by atomic mass is 9.93. The summed E-state index contributed by atoms with van der Waals surface area (Å²) in [5.41, 5.74) is 4.20. The number of piperazine rings is 1. The molecular formula is C34H41FN4O2. The van der Waals surface area contributed by atoms with Crippen LogP contribution in [0.1, 0.15) is 25.8 Å². The number of benzene rings is 2. The van der Waals surface area contributed by atoms with Gasteiger partial charge in [0.15, 0.2) is 5.75 Å². The molecule has 3 aliphatic rings. The van der Waals surface area contributed by atoms with Crippen molar-refractivity contribution < 1.29 is 13.9 Å². The number of amides is 1. The first-order valence-corrected chi connectivity index (χ1v) is 14.2. The van der Waals surface area contributed by atoms with Crippen molar-refractivity contribution in [3.63, 3.8) is 0 Å². The lowest BCUT2D eigenvalue weighted by Gasteiger charge is -2.36. The van der Waals surface area contributed by atoms with Crippen molar-refractivity contribution in [1.82, 2.24) is 14.7 Å². The molecule has 0 atom stereocenters. The maximum Gasteiger partial charge on any atom is 0.256 e. The predicted octanol–water partition coefficient (Wildman–Crippen LogP) is 5.66. The monoisotopic (exact) mass is 556 g/mol. The number of ether oxygens (including phenoxy) is 1. The highest BCUT2D eigenvalue weighted by molar-refractivity contribution is 6.01. The summed E-state index contributed by atoms with van der Waals surface area (Å²) >= 11 is 0. The molecule has 216 valence electrons. The van der Waals surface area contributed by atoms with Crippen LogP contribution in [0.15, 0.2) is 77.4 Å². The normalized spacial score (nSPS) is 20.5. The molecule has 0 aromatic heterocycles. The van der Waals surface area contributed by atoms with Gasteiger partial charge in [-0.2, -0.15) is 0 Å². The maximum atomic E-state index is 15.9. The van der Waals surface area contributed by atoms with Crippen molar-refractivity contribution in [2.75, 3.05) is 64.9 Å². The highest BCUT2D eigenvalue weighted by Crippen LogP contribution is 2.42. The molecule has 0 unspecified atom stereocenters. The molecule has 0 N–H and O–H groups in total. The molecular weight excluding hydrogens is 515 g/mol. The molecule has 7 heteroatoms. The van der Waals surface area contributed by atoms with Gasteiger partial charge in [0.1, 0.15) is 12.4 Å². The van der Waals surface area contributed by atoms with Gasteiger partial charge in [-0.05, 0) is 61.6 Å². The summed E-state index contributed by atoms with van der Waals surface area (Å²) < 4.78 is 22.4. The SMILES string of the molecule is C#CC.C=C1C(C(=O)N2CCN(C)CC2)=CN2C/C1=C\C(F)=C(\N(C)CCC)COc1c2ccc2cccc(C)c12. The van der Waals surface area contributed by atoms with Gasteiger partial charge < -0.3 is 24.3 Å². The number of hydrogen-bond donors (Lipinski definition) is 0. The summed E-state index contributed by atoms with van der Waals surface area (Å²) in [5.74, 6) is 2.53. The van der Waals surface area contributed by atoms with E-state index in [1.54, 1.807) is 13.0 Å². The molecule has 2 aromatic rings. The Labute approximate surface area is 244 Å². The van der Waals surface area contributed by atoms with Crippen molar-refractivity contribution in [2.45, 2.75) is 27.2 Å². The van der Waals surface area contributed by atoms with Gasteiger partial charge >= 0.3 is 0 Å². The zero-order valence-electron chi connectivity index (χ0n) is 25.0. The van der Waals surface area contributed by atoms with Crippen LogP contribution in [0.5, 0.6) is 5.75 Å². The van der Waals surface area contributed by atoms with Crippen LogP contribution in [0.4, 0.5) is 10.1 Å². The molecule has 1 saturated heterocycles. The molecule has 1 amide bonds. The van der Waals surface area contributed by atoms with Crippen LogP contribution in [0.25, 0.3) is 10.8 Å². The van der Waals surface area contributed by atoms with Gasteiger partial charge in [-0.15, -0.1) is 12.3 Å². The Morgan fingerprint density at radius 2 is 1.90 bits per heavy atom. The van der Waals surface area contributed by atoms with Crippen LogP contribution in [-0.2, 0) is 4.79 Å². The fraction of sp³-hybridized carbons (Fsp3) is 0.382. The van der Waals surface area contributed by atoms with Crippen LogP contribution in [-0.4, -0.2) is 80.6 Å². The molecule has 2 bridgehead atoms. The number of likely N-dealkylation sites (N-methyl/N-ethyl adjacent to an activating group) is 2. The summed E-state index contributed by atoms with van der Waals surface area (Å²) in [6, 6.07) is 10.3. The number of aryl methyl sites for hydroxylation is 1. The molecule has 5 rings (SSSR count). The maximum absolute atomic E-state index is 15.9. The van der Waals surface area contributed by atoms with Crippen molar-refractivity contribution in [1.29, 1.82) is 0 Å². The average Bonchev–Trinajstić information content (AvgIpc) is 2.95. The topological polar surface area (TPSA) is 39.3 Å². The van der Waals surface area contributed by atoms with E-state index in [-0.39, 0.29) is 18.3 Å². The second kappa shape index (κ2) is 13.1. The van der Waals surface area contributed by atoms with E-state index in [0.717, 1.165) is 41.5 Å². The van der Waals surface area contributed by atoms with Gasteiger partial charge in [0.25, 0.3) is 5.91 Å². The smallest absolute Gasteiger partial charge is 0.256 e. The zero-order chi connectivity index (χ0) is 29.7. The minimum Gasteiger partial charge on any atom is -0.484 e. The molecule has 0 aliphatic carbocycles. The lowest BCUT2D eigenvalue weighted by Crippen LogP contribution is -2.48. The van der Waals surface area contributed by atoms with E-state index in [9.17, 15) is 4.79 Å². The molecule has 0 spiro atoms. The van der Waals surface area contributed by atoms with Crippen molar-refractivity contribution in [2.24, 2.45) is 0 Å². The van der Waals surface area contributed by atoms with Gasteiger partial charge in [-0.25, -0.2) is 4.39 Å². The van der Waals surface area contributed by atoms with E-state index in [4.69, 9.17) is 4.74 Å². The Morgan fingerprint density at radius 1 is 1.20 bits per heavy atom. The van der Waals surface area contributed by atoms with Crippen molar-refractivity contribution in [3.05, 3.63) is 83.0 Å². The van der Waals surface area contributed by atoms with Crippen LogP contribution in [0, 0.1) is 19.3 Å². The Kier molecular flexibility index (Phi) is 9.57. The van der Waals surface area contributed by atoms with Crippen molar-refractivity contribution in [3.8, 4) is 18.1 Å². The Morgan fingerprint density at radius 3 is 2.59 bits per heavy atom. The Balaban J connectivity index is 0.00000124. The van der Waals surface area contributed by atoms with E-state index in [0.29, 0.717) is 54.3 Å². The minimum absolute atomic E-state index is 0.0668. The number of halogens is 1. The third kappa shape index (κ3) is 6.34. The second-order valence-electron chi connectivity index (χ2n) is 10.8. The first kappa shape index (κ1) is 30.0. The largest absolute Gasteiger partial charge is 0.484 e. The number of rotatable bonds is 4. The van der Waals surface area contributed by atoms with Gasteiger partial charge in [-0.3, -0.25) is 4.79 Å². The third-order valence-corrected chi connectivity index (χ3v) is 7.80. The molecule has 3 aliphatic heterocycles. The van der Waals surface area contributed by atoms with Gasteiger partial charge in [0.05, 0.1) is 17.0 Å². The second-order valence-corrected chi connectivity index (χ2v) is 10.8. The Hall–Kier alpha value is -4.02. The van der Waals surface area contributed by atoms with Crippen LogP contribution >= 0.6 is 0 Å². The van der Waals surface area contributed by atoms with Crippen molar-refractivity contribution >= 4 is 22.4 Å². The van der Waals surface area contributed by atoms with E-state index < -0.39 is 0 Å². The first-order chi connectivity index (χ1) is 19.7. The summed E-state index contributed by atoms with van der Waals surface area (Å²) in [6.45, 7) is 14.2. The van der Waals surface area contributed by atoms with Crippen LogP contribution in [0.2, 0.25) is 0 Å². The number of fused-ring (bicyclic) bond motifs is 6.